The lowest BCUT2D eigenvalue weighted by Gasteiger charge is -2.32. The van der Waals surface area contributed by atoms with Gasteiger partial charge in [-0.25, -0.2) is 0 Å². The normalized spacial score (nSPS) is 38.1. The molecule has 2 nitrogen and oxygen atoms in total. The first kappa shape index (κ1) is 9.02. The molecule has 0 aromatic rings. The third-order valence-corrected chi connectivity index (χ3v) is 3.32. The SMILES string of the molecule is COC1CCCCC1(Br)C#N. The molecule has 0 aromatic heterocycles. The van der Waals surface area contributed by atoms with Crippen LogP contribution in [0.15, 0.2) is 0 Å². The highest BCUT2D eigenvalue weighted by Crippen LogP contribution is 2.36. The van der Waals surface area contributed by atoms with E-state index in [9.17, 15) is 0 Å². The van der Waals surface area contributed by atoms with Crippen LogP contribution in [-0.2, 0) is 4.74 Å². The summed E-state index contributed by atoms with van der Waals surface area (Å²) in [4.78, 5) is 0. The first-order chi connectivity index (χ1) is 5.23. The van der Waals surface area contributed by atoms with Gasteiger partial charge in [0.1, 0.15) is 4.32 Å². The number of alkyl halides is 1. The van der Waals surface area contributed by atoms with Crippen LogP contribution in [0, 0.1) is 11.3 Å². The largest absolute Gasteiger partial charge is 0.379 e. The predicted octanol–water partition coefficient (Wildman–Crippen LogP) is 2.23. The van der Waals surface area contributed by atoms with Crippen LogP contribution in [0.25, 0.3) is 0 Å². The number of hydrogen-bond donors (Lipinski definition) is 0. The first-order valence-corrected chi connectivity index (χ1v) is 4.65. The molecule has 0 amide bonds. The number of nitriles is 1. The second-order valence-electron chi connectivity index (χ2n) is 2.94. The van der Waals surface area contributed by atoms with Gasteiger partial charge in [-0.2, -0.15) is 5.26 Å². The summed E-state index contributed by atoms with van der Waals surface area (Å²) in [6, 6.07) is 2.27. The summed E-state index contributed by atoms with van der Waals surface area (Å²) in [6.07, 6.45) is 4.27. The lowest BCUT2D eigenvalue weighted by atomic mass is 9.87. The zero-order valence-electron chi connectivity index (χ0n) is 6.64. The Morgan fingerprint density at radius 2 is 2.36 bits per heavy atom. The third kappa shape index (κ3) is 1.74. The molecule has 62 valence electrons. The summed E-state index contributed by atoms with van der Waals surface area (Å²) >= 11 is 3.44. The first-order valence-electron chi connectivity index (χ1n) is 3.86. The van der Waals surface area contributed by atoms with Crippen LogP contribution in [0.4, 0.5) is 0 Å². The van der Waals surface area contributed by atoms with Crippen molar-refractivity contribution in [3.05, 3.63) is 0 Å². The fourth-order valence-corrected chi connectivity index (χ4v) is 2.23. The van der Waals surface area contributed by atoms with E-state index in [-0.39, 0.29) is 6.10 Å². The Hall–Kier alpha value is -0.0700. The molecule has 0 aliphatic heterocycles. The quantitative estimate of drug-likeness (QED) is 0.632. The van der Waals surface area contributed by atoms with Crippen LogP contribution in [0.3, 0.4) is 0 Å². The van der Waals surface area contributed by atoms with Crippen molar-refractivity contribution < 1.29 is 4.74 Å². The molecule has 1 fully saturated rings. The van der Waals surface area contributed by atoms with Gasteiger partial charge in [-0.3, -0.25) is 0 Å². The van der Waals surface area contributed by atoms with Gasteiger partial charge in [-0.15, -0.1) is 0 Å². The van der Waals surface area contributed by atoms with E-state index in [0.29, 0.717) is 0 Å². The van der Waals surface area contributed by atoms with Gasteiger partial charge >= 0.3 is 0 Å². The molecular formula is C8H12BrNO. The van der Waals surface area contributed by atoms with E-state index >= 15 is 0 Å². The van der Waals surface area contributed by atoms with Gasteiger partial charge in [0, 0.05) is 7.11 Å². The molecule has 0 N–H and O–H groups in total. The van der Waals surface area contributed by atoms with E-state index in [1.807, 2.05) is 0 Å². The second kappa shape index (κ2) is 3.55. The molecule has 0 heterocycles. The van der Waals surface area contributed by atoms with E-state index in [1.165, 1.54) is 6.42 Å². The van der Waals surface area contributed by atoms with Crippen LogP contribution in [-0.4, -0.2) is 17.5 Å². The molecule has 1 rings (SSSR count). The molecule has 0 aromatic carbocycles. The van der Waals surface area contributed by atoms with Gasteiger partial charge in [-0.1, -0.05) is 28.8 Å². The highest BCUT2D eigenvalue weighted by molar-refractivity contribution is 9.10. The van der Waals surface area contributed by atoms with Gasteiger partial charge in [-0.05, 0) is 12.8 Å². The number of nitrogens with zero attached hydrogens (tertiary/aromatic N) is 1. The molecule has 3 heteroatoms. The minimum atomic E-state index is -0.417. The summed E-state index contributed by atoms with van der Waals surface area (Å²) in [5.41, 5.74) is 0. The molecule has 1 saturated carbocycles. The Morgan fingerprint density at radius 1 is 1.64 bits per heavy atom. The standard InChI is InChI=1S/C8H12BrNO/c1-11-7-4-2-3-5-8(7,9)6-10/h7H,2-5H2,1H3. The third-order valence-electron chi connectivity index (χ3n) is 2.24. The molecule has 1 aliphatic carbocycles. The molecule has 0 radical (unpaired) electrons. The van der Waals surface area contributed by atoms with Gasteiger partial charge < -0.3 is 4.74 Å². The van der Waals surface area contributed by atoms with Crippen molar-refractivity contribution in [2.24, 2.45) is 0 Å². The Balaban J connectivity index is 2.67. The highest BCUT2D eigenvalue weighted by Gasteiger charge is 2.38. The topological polar surface area (TPSA) is 33.0 Å². The molecule has 0 saturated heterocycles. The Labute approximate surface area is 75.7 Å². The second-order valence-corrected chi connectivity index (χ2v) is 4.36. The summed E-state index contributed by atoms with van der Waals surface area (Å²) in [6.45, 7) is 0. The van der Waals surface area contributed by atoms with Crippen molar-refractivity contribution in [3.8, 4) is 6.07 Å². The van der Waals surface area contributed by atoms with E-state index in [1.54, 1.807) is 7.11 Å². The number of hydrogen-bond acceptors (Lipinski definition) is 2. The van der Waals surface area contributed by atoms with Crippen molar-refractivity contribution in [2.45, 2.75) is 36.1 Å². The van der Waals surface area contributed by atoms with E-state index < -0.39 is 4.32 Å². The Kier molecular flexibility index (Phi) is 2.91. The fraction of sp³-hybridized carbons (Fsp3) is 0.875. The Morgan fingerprint density at radius 3 is 2.82 bits per heavy atom. The minimum absolute atomic E-state index is 0.0706. The number of methoxy groups -OCH3 is 1. The Bertz CT molecular complexity index is 177. The van der Waals surface area contributed by atoms with Gasteiger partial charge in [0.2, 0.25) is 0 Å². The zero-order chi connectivity index (χ0) is 8.32. The van der Waals surface area contributed by atoms with Crippen LogP contribution >= 0.6 is 15.9 Å². The summed E-state index contributed by atoms with van der Waals surface area (Å²) in [5.74, 6) is 0. The average Bonchev–Trinajstić information content (AvgIpc) is 2.05. The van der Waals surface area contributed by atoms with Gasteiger partial charge in [0.25, 0.3) is 0 Å². The van der Waals surface area contributed by atoms with Crippen LogP contribution < -0.4 is 0 Å². The van der Waals surface area contributed by atoms with E-state index in [0.717, 1.165) is 19.3 Å². The van der Waals surface area contributed by atoms with Crippen molar-refractivity contribution in [2.75, 3.05) is 7.11 Å². The maximum atomic E-state index is 8.87. The van der Waals surface area contributed by atoms with Crippen molar-refractivity contribution in [3.63, 3.8) is 0 Å². The van der Waals surface area contributed by atoms with Crippen molar-refractivity contribution >= 4 is 15.9 Å². The van der Waals surface area contributed by atoms with Gasteiger partial charge in [0.15, 0.2) is 0 Å². The summed E-state index contributed by atoms with van der Waals surface area (Å²) in [5, 5.41) is 8.87. The number of halogens is 1. The molecule has 1 aliphatic rings. The van der Waals surface area contributed by atoms with Crippen LogP contribution in [0.5, 0.6) is 0 Å². The smallest absolute Gasteiger partial charge is 0.138 e. The predicted molar refractivity (Wildman–Crippen MR) is 46.5 cm³/mol. The zero-order valence-corrected chi connectivity index (χ0v) is 8.23. The molecular weight excluding hydrogens is 206 g/mol. The van der Waals surface area contributed by atoms with E-state index in [4.69, 9.17) is 10.00 Å². The lowest BCUT2D eigenvalue weighted by Crippen LogP contribution is -2.39. The summed E-state index contributed by atoms with van der Waals surface area (Å²) in [7, 11) is 1.67. The fourth-order valence-electron chi connectivity index (χ4n) is 1.53. The molecule has 2 unspecified atom stereocenters. The van der Waals surface area contributed by atoms with Crippen LogP contribution in [0.1, 0.15) is 25.7 Å². The number of rotatable bonds is 1. The van der Waals surface area contributed by atoms with Crippen molar-refractivity contribution in [1.29, 1.82) is 5.26 Å². The molecule has 11 heavy (non-hydrogen) atoms. The maximum Gasteiger partial charge on any atom is 0.138 e. The van der Waals surface area contributed by atoms with Gasteiger partial charge in [0.05, 0.1) is 12.2 Å². The monoisotopic (exact) mass is 217 g/mol. The lowest BCUT2D eigenvalue weighted by molar-refractivity contribution is 0.0597. The average molecular weight is 218 g/mol. The van der Waals surface area contributed by atoms with E-state index in [2.05, 4.69) is 22.0 Å². The molecule has 0 spiro atoms. The van der Waals surface area contributed by atoms with Crippen LogP contribution in [0.2, 0.25) is 0 Å². The molecule has 2 atom stereocenters. The minimum Gasteiger partial charge on any atom is -0.379 e. The number of ether oxygens (including phenoxy) is 1. The maximum absolute atomic E-state index is 8.87. The molecule has 0 bridgehead atoms. The van der Waals surface area contributed by atoms with Crippen molar-refractivity contribution in [1.82, 2.24) is 0 Å². The highest BCUT2D eigenvalue weighted by atomic mass is 79.9. The summed E-state index contributed by atoms with van der Waals surface area (Å²) < 4.78 is 4.81.